The Morgan fingerprint density at radius 3 is 2.36 bits per heavy atom. The zero-order chi connectivity index (χ0) is 10.6. The van der Waals surface area contributed by atoms with Crippen LogP contribution in [0.25, 0.3) is 0 Å². The monoisotopic (exact) mass is 193 g/mol. The Balaban J connectivity index is 2.59. The van der Waals surface area contributed by atoms with Gasteiger partial charge >= 0.3 is 0 Å². The van der Waals surface area contributed by atoms with Crippen LogP contribution in [0.15, 0.2) is 30.3 Å². The van der Waals surface area contributed by atoms with Crippen molar-refractivity contribution in [2.24, 2.45) is 0 Å². The van der Waals surface area contributed by atoms with Gasteiger partial charge in [0, 0.05) is 0 Å². The van der Waals surface area contributed by atoms with Gasteiger partial charge in [-0.2, -0.15) is 0 Å². The highest BCUT2D eigenvalue weighted by molar-refractivity contribution is 5.80. The second-order valence-electron chi connectivity index (χ2n) is 3.32. The van der Waals surface area contributed by atoms with Crippen LogP contribution in [0.2, 0.25) is 0 Å². The first kappa shape index (κ1) is 10.7. The van der Waals surface area contributed by atoms with E-state index in [4.69, 9.17) is 5.11 Å². The van der Waals surface area contributed by atoms with Crippen LogP contribution in [0, 0.1) is 0 Å². The summed E-state index contributed by atoms with van der Waals surface area (Å²) in [4.78, 5) is 11.2. The zero-order valence-corrected chi connectivity index (χ0v) is 8.40. The molecule has 76 valence electrons. The fourth-order valence-corrected chi connectivity index (χ4v) is 1.16. The average molecular weight is 193 g/mol. The van der Waals surface area contributed by atoms with E-state index in [1.54, 1.807) is 0 Å². The standard InChI is InChI=1S/C11H15NO2/c1-8(12-11(14)9(2)13)10-6-4-3-5-7-10/h3-9,13H,1-2H3,(H,12,14). The van der Waals surface area contributed by atoms with Gasteiger partial charge in [0.1, 0.15) is 6.10 Å². The largest absolute Gasteiger partial charge is 0.384 e. The van der Waals surface area contributed by atoms with Gasteiger partial charge in [-0.3, -0.25) is 4.79 Å². The number of hydrogen-bond acceptors (Lipinski definition) is 2. The van der Waals surface area contributed by atoms with Gasteiger partial charge in [0.15, 0.2) is 0 Å². The summed E-state index contributed by atoms with van der Waals surface area (Å²) in [5.41, 5.74) is 1.03. The molecule has 0 aliphatic heterocycles. The first-order chi connectivity index (χ1) is 6.61. The number of benzene rings is 1. The van der Waals surface area contributed by atoms with E-state index < -0.39 is 6.10 Å². The number of rotatable bonds is 3. The van der Waals surface area contributed by atoms with Crippen molar-refractivity contribution in [2.45, 2.75) is 26.0 Å². The number of amides is 1. The van der Waals surface area contributed by atoms with Crippen molar-refractivity contribution in [3.05, 3.63) is 35.9 Å². The van der Waals surface area contributed by atoms with Crippen LogP contribution in [-0.2, 0) is 4.79 Å². The van der Waals surface area contributed by atoms with E-state index in [9.17, 15) is 4.79 Å². The van der Waals surface area contributed by atoms with E-state index >= 15 is 0 Å². The van der Waals surface area contributed by atoms with Crippen LogP contribution in [-0.4, -0.2) is 17.1 Å². The van der Waals surface area contributed by atoms with Gasteiger partial charge in [0.05, 0.1) is 6.04 Å². The molecular weight excluding hydrogens is 178 g/mol. The van der Waals surface area contributed by atoms with Gasteiger partial charge in [-0.25, -0.2) is 0 Å². The smallest absolute Gasteiger partial charge is 0.249 e. The van der Waals surface area contributed by atoms with Gasteiger partial charge in [-0.1, -0.05) is 30.3 Å². The maximum Gasteiger partial charge on any atom is 0.249 e. The van der Waals surface area contributed by atoms with Gasteiger partial charge < -0.3 is 10.4 Å². The lowest BCUT2D eigenvalue weighted by atomic mass is 10.1. The van der Waals surface area contributed by atoms with Crippen molar-refractivity contribution in [2.75, 3.05) is 0 Å². The molecule has 2 atom stereocenters. The molecule has 0 radical (unpaired) electrons. The predicted octanol–water partition coefficient (Wildman–Crippen LogP) is 1.24. The van der Waals surface area contributed by atoms with Gasteiger partial charge in [-0.15, -0.1) is 0 Å². The van der Waals surface area contributed by atoms with Crippen molar-refractivity contribution in [3.63, 3.8) is 0 Å². The molecule has 0 aromatic heterocycles. The summed E-state index contributed by atoms with van der Waals surface area (Å²) in [6, 6.07) is 9.56. The van der Waals surface area contributed by atoms with Crippen molar-refractivity contribution in [3.8, 4) is 0 Å². The Bertz CT molecular complexity index is 295. The minimum Gasteiger partial charge on any atom is -0.384 e. The van der Waals surface area contributed by atoms with Crippen LogP contribution < -0.4 is 5.32 Å². The summed E-state index contributed by atoms with van der Waals surface area (Å²) in [6.07, 6.45) is -0.957. The lowest BCUT2D eigenvalue weighted by molar-refractivity contribution is -0.129. The third kappa shape index (κ3) is 2.85. The topological polar surface area (TPSA) is 49.3 Å². The molecule has 1 aromatic carbocycles. The quantitative estimate of drug-likeness (QED) is 0.759. The molecule has 0 saturated carbocycles. The molecule has 0 saturated heterocycles. The molecule has 1 rings (SSSR count). The Morgan fingerprint density at radius 1 is 1.29 bits per heavy atom. The molecule has 0 aliphatic rings. The minimum atomic E-state index is -0.957. The highest BCUT2D eigenvalue weighted by Gasteiger charge is 2.12. The lowest BCUT2D eigenvalue weighted by Gasteiger charge is -2.15. The molecule has 3 nitrogen and oxygen atoms in total. The predicted molar refractivity (Wildman–Crippen MR) is 54.7 cm³/mol. The number of hydrogen-bond donors (Lipinski definition) is 2. The number of carbonyl (C=O) groups excluding carboxylic acids is 1. The second kappa shape index (κ2) is 4.77. The maximum absolute atomic E-state index is 11.2. The van der Waals surface area contributed by atoms with E-state index in [-0.39, 0.29) is 11.9 Å². The van der Waals surface area contributed by atoms with Crippen molar-refractivity contribution in [1.82, 2.24) is 5.32 Å². The molecule has 0 bridgehead atoms. The lowest BCUT2D eigenvalue weighted by Crippen LogP contribution is -2.34. The number of aliphatic hydroxyl groups is 1. The first-order valence-corrected chi connectivity index (χ1v) is 4.64. The fourth-order valence-electron chi connectivity index (χ4n) is 1.16. The Kier molecular flexibility index (Phi) is 3.65. The van der Waals surface area contributed by atoms with Gasteiger partial charge in [0.2, 0.25) is 5.91 Å². The van der Waals surface area contributed by atoms with Crippen molar-refractivity contribution < 1.29 is 9.90 Å². The van der Waals surface area contributed by atoms with Crippen LogP contribution in [0.5, 0.6) is 0 Å². The van der Waals surface area contributed by atoms with E-state index in [2.05, 4.69) is 5.32 Å². The summed E-state index contributed by atoms with van der Waals surface area (Å²) in [6.45, 7) is 3.34. The first-order valence-electron chi connectivity index (χ1n) is 4.64. The molecule has 0 aliphatic carbocycles. The van der Waals surface area contributed by atoms with Crippen molar-refractivity contribution >= 4 is 5.91 Å². The molecule has 3 heteroatoms. The van der Waals surface area contributed by atoms with E-state index in [0.29, 0.717) is 0 Å². The normalized spacial score (nSPS) is 14.5. The van der Waals surface area contributed by atoms with Crippen LogP contribution in [0.4, 0.5) is 0 Å². The maximum atomic E-state index is 11.2. The summed E-state index contributed by atoms with van der Waals surface area (Å²) in [5, 5.41) is 11.7. The highest BCUT2D eigenvalue weighted by atomic mass is 16.3. The average Bonchev–Trinajstić information content (AvgIpc) is 2.19. The molecule has 2 N–H and O–H groups in total. The Morgan fingerprint density at radius 2 is 1.86 bits per heavy atom. The molecule has 0 fully saturated rings. The molecule has 0 spiro atoms. The van der Waals surface area contributed by atoms with Crippen LogP contribution >= 0.6 is 0 Å². The summed E-state index contributed by atoms with van der Waals surface area (Å²) in [7, 11) is 0. The highest BCUT2D eigenvalue weighted by Crippen LogP contribution is 2.10. The fraction of sp³-hybridized carbons (Fsp3) is 0.364. The summed E-state index contributed by atoms with van der Waals surface area (Å²) < 4.78 is 0. The molecule has 14 heavy (non-hydrogen) atoms. The summed E-state index contributed by atoms with van der Waals surface area (Å²) >= 11 is 0. The SMILES string of the molecule is CC(O)C(=O)NC(C)c1ccccc1. The van der Waals surface area contributed by atoms with Crippen LogP contribution in [0.3, 0.4) is 0 Å². The van der Waals surface area contributed by atoms with Gasteiger partial charge in [0.25, 0.3) is 0 Å². The number of aliphatic hydroxyl groups excluding tert-OH is 1. The second-order valence-corrected chi connectivity index (χ2v) is 3.32. The number of nitrogens with one attached hydrogen (secondary N) is 1. The van der Waals surface area contributed by atoms with Crippen LogP contribution in [0.1, 0.15) is 25.5 Å². The third-order valence-electron chi connectivity index (χ3n) is 2.04. The molecule has 0 heterocycles. The Hall–Kier alpha value is -1.35. The Labute approximate surface area is 83.8 Å². The number of carbonyl (C=O) groups is 1. The van der Waals surface area contributed by atoms with E-state index in [0.717, 1.165) is 5.56 Å². The van der Waals surface area contributed by atoms with Crippen molar-refractivity contribution in [1.29, 1.82) is 0 Å². The molecule has 2 unspecified atom stereocenters. The zero-order valence-electron chi connectivity index (χ0n) is 8.40. The minimum absolute atomic E-state index is 0.0710. The molecule has 1 amide bonds. The summed E-state index contributed by atoms with van der Waals surface area (Å²) in [5.74, 6) is -0.346. The molecule has 1 aromatic rings. The van der Waals surface area contributed by atoms with Gasteiger partial charge in [-0.05, 0) is 19.4 Å². The van der Waals surface area contributed by atoms with E-state index in [1.807, 2.05) is 37.3 Å². The van der Waals surface area contributed by atoms with E-state index in [1.165, 1.54) is 6.92 Å². The molecular formula is C11H15NO2. The third-order valence-corrected chi connectivity index (χ3v) is 2.04.